The molecule has 4 heterocycles. The summed E-state index contributed by atoms with van der Waals surface area (Å²) in [5.41, 5.74) is 2.93. The average molecular weight is 478 g/mol. The predicted octanol–water partition coefficient (Wildman–Crippen LogP) is 4.33. The van der Waals surface area contributed by atoms with Gasteiger partial charge in [0.15, 0.2) is 0 Å². The van der Waals surface area contributed by atoms with Crippen LogP contribution >= 0.6 is 11.6 Å². The summed E-state index contributed by atoms with van der Waals surface area (Å²) in [5.74, 6) is 0.0364. The van der Waals surface area contributed by atoms with E-state index in [1.165, 1.54) is 6.07 Å². The molecule has 2 aromatic carbocycles. The molecule has 0 spiro atoms. The molecule has 0 atom stereocenters. The molecule has 8 nitrogen and oxygen atoms in total. The Balaban J connectivity index is 0.000000351. The monoisotopic (exact) mass is 477 g/mol. The van der Waals surface area contributed by atoms with Gasteiger partial charge in [0.05, 0.1) is 34.1 Å². The van der Waals surface area contributed by atoms with E-state index in [4.69, 9.17) is 16.3 Å². The van der Waals surface area contributed by atoms with Crippen LogP contribution in [-0.2, 0) is 0 Å². The second-order valence-corrected chi connectivity index (χ2v) is 7.95. The first kappa shape index (κ1) is 22.1. The number of benzene rings is 2. The average Bonchev–Trinajstić information content (AvgIpc) is 3.36. The number of H-pyrrole nitrogens is 1. The van der Waals surface area contributed by atoms with Crippen molar-refractivity contribution in [3.63, 3.8) is 0 Å². The van der Waals surface area contributed by atoms with E-state index in [9.17, 15) is 4.39 Å². The molecule has 1 aliphatic heterocycles. The van der Waals surface area contributed by atoms with Crippen LogP contribution in [0.3, 0.4) is 0 Å². The van der Waals surface area contributed by atoms with Gasteiger partial charge in [0, 0.05) is 67.2 Å². The standard InChI is InChI=1S/C20H11ClFN5O.C4H10N2/c21-15-6-11(28-20-23-4-1-5-24-20)2-3-12(15)13-7-14-17(8-16(13)22)25-9-18-19(14)27-10-26-18;1-2-6-4-3-5-1/h1-10H,(H,26,27);5-6H,1-4H2. The molecule has 0 amide bonds. The predicted molar refractivity (Wildman–Crippen MR) is 130 cm³/mol. The van der Waals surface area contributed by atoms with Crippen LogP contribution in [0.2, 0.25) is 5.02 Å². The number of fused-ring (bicyclic) bond motifs is 3. The molecule has 10 heteroatoms. The van der Waals surface area contributed by atoms with Gasteiger partial charge < -0.3 is 20.4 Å². The topological polar surface area (TPSA) is 101 Å². The zero-order valence-corrected chi connectivity index (χ0v) is 18.8. The highest BCUT2D eigenvalue weighted by molar-refractivity contribution is 6.33. The second kappa shape index (κ2) is 10.1. The van der Waals surface area contributed by atoms with Crippen LogP contribution in [0.4, 0.5) is 4.39 Å². The molecule has 3 aromatic heterocycles. The maximum absolute atomic E-state index is 14.8. The fraction of sp³-hybridized carbons (Fsp3) is 0.167. The number of nitrogens with zero attached hydrogens (tertiary/aromatic N) is 4. The van der Waals surface area contributed by atoms with Gasteiger partial charge in [0.2, 0.25) is 0 Å². The van der Waals surface area contributed by atoms with E-state index in [0.717, 1.165) is 42.6 Å². The number of aromatic nitrogens is 5. The third-order valence-electron chi connectivity index (χ3n) is 5.28. The Labute approximate surface area is 199 Å². The highest BCUT2D eigenvalue weighted by atomic mass is 35.5. The molecule has 0 unspecified atom stereocenters. The molecule has 1 fully saturated rings. The summed E-state index contributed by atoms with van der Waals surface area (Å²) < 4.78 is 20.4. The number of rotatable bonds is 3. The number of aromatic amines is 1. The molecule has 6 rings (SSSR count). The molecule has 1 aliphatic rings. The van der Waals surface area contributed by atoms with Crippen molar-refractivity contribution in [3.8, 4) is 22.9 Å². The van der Waals surface area contributed by atoms with Gasteiger partial charge in [-0.3, -0.25) is 4.98 Å². The van der Waals surface area contributed by atoms with E-state index in [-0.39, 0.29) is 6.01 Å². The molecular formula is C24H21ClFN7O. The van der Waals surface area contributed by atoms with Crippen molar-refractivity contribution in [1.29, 1.82) is 0 Å². The Morgan fingerprint density at radius 3 is 2.35 bits per heavy atom. The SMILES string of the molecule is C1CNCCN1.Fc1cc2ncc3[nH]cnc3c2cc1-c1ccc(Oc2ncccn2)cc1Cl. The van der Waals surface area contributed by atoms with E-state index in [2.05, 4.69) is 35.6 Å². The van der Waals surface area contributed by atoms with Crippen molar-refractivity contribution in [2.24, 2.45) is 0 Å². The summed E-state index contributed by atoms with van der Waals surface area (Å²) in [6.45, 7) is 4.56. The molecule has 172 valence electrons. The minimum atomic E-state index is -0.420. The number of piperazine rings is 1. The van der Waals surface area contributed by atoms with Crippen molar-refractivity contribution >= 4 is 33.5 Å². The van der Waals surface area contributed by atoms with Crippen molar-refractivity contribution in [2.45, 2.75) is 0 Å². The van der Waals surface area contributed by atoms with Gasteiger partial charge in [-0.25, -0.2) is 19.3 Å². The summed E-state index contributed by atoms with van der Waals surface area (Å²) in [7, 11) is 0. The van der Waals surface area contributed by atoms with Crippen LogP contribution in [0.15, 0.2) is 61.3 Å². The number of hydrogen-bond acceptors (Lipinski definition) is 7. The molecule has 1 saturated heterocycles. The summed E-state index contributed by atoms with van der Waals surface area (Å²) >= 11 is 6.43. The maximum atomic E-state index is 14.8. The largest absolute Gasteiger partial charge is 0.424 e. The second-order valence-electron chi connectivity index (χ2n) is 7.55. The number of imidazole rings is 1. The molecule has 5 aromatic rings. The molecule has 0 aliphatic carbocycles. The number of pyridine rings is 1. The third kappa shape index (κ3) is 4.81. The zero-order valence-electron chi connectivity index (χ0n) is 18.1. The molecule has 0 bridgehead atoms. The molecule has 34 heavy (non-hydrogen) atoms. The molecule has 0 saturated carbocycles. The summed E-state index contributed by atoms with van der Waals surface area (Å²) in [6, 6.07) is 9.98. The third-order valence-corrected chi connectivity index (χ3v) is 5.59. The smallest absolute Gasteiger partial charge is 0.321 e. The van der Waals surface area contributed by atoms with Gasteiger partial charge in [-0.05, 0) is 24.3 Å². The Hall–Kier alpha value is -3.66. The van der Waals surface area contributed by atoms with Gasteiger partial charge >= 0.3 is 6.01 Å². The van der Waals surface area contributed by atoms with E-state index < -0.39 is 5.82 Å². The molecular weight excluding hydrogens is 457 g/mol. The lowest BCUT2D eigenvalue weighted by atomic mass is 10.0. The lowest BCUT2D eigenvalue weighted by molar-refractivity contribution is 0.442. The lowest BCUT2D eigenvalue weighted by Gasteiger charge is -2.11. The van der Waals surface area contributed by atoms with Crippen LogP contribution in [0.25, 0.3) is 33.1 Å². The van der Waals surface area contributed by atoms with Crippen molar-refractivity contribution < 1.29 is 9.13 Å². The number of nitrogens with one attached hydrogen (secondary N) is 3. The zero-order chi connectivity index (χ0) is 23.3. The first-order chi connectivity index (χ1) is 16.7. The number of hydrogen-bond donors (Lipinski definition) is 3. The summed E-state index contributed by atoms with van der Waals surface area (Å²) in [4.78, 5) is 19.6. The van der Waals surface area contributed by atoms with Crippen LogP contribution in [-0.4, -0.2) is 51.1 Å². The highest BCUT2D eigenvalue weighted by Gasteiger charge is 2.15. The minimum absolute atomic E-state index is 0.204. The maximum Gasteiger partial charge on any atom is 0.321 e. The van der Waals surface area contributed by atoms with Crippen LogP contribution in [0.1, 0.15) is 0 Å². The van der Waals surface area contributed by atoms with Crippen molar-refractivity contribution in [3.05, 3.63) is 72.2 Å². The van der Waals surface area contributed by atoms with Crippen LogP contribution < -0.4 is 15.4 Å². The van der Waals surface area contributed by atoms with Gasteiger partial charge in [0.1, 0.15) is 11.6 Å². The van der Waals surface area contributed by atoms with E-state index in [1.807, 2.05) is 0 Å². The fourth-order valence-electron chi connectivity index (χ4n) is 3.64. The van der Waals surface area contributed by atoms with Crippen molar-refractivity contribution in [1.82, 2.24) is 35.6 Å². The van der Waals surface area contributed by atoms with Gasteiger partial charge in [0.25, 0.3) is 0 Å². The first-order valence-corrected chi connectivity index (χ1v) is 11.1. The van der Waals surface area contributed by atoms with E-state index in [1.54, 1.807) is 55.2 Å². The van der Waals surface area contributed by atoms with Gasteiger partial charge in [-0.15, -0.1) is 0 Å². The minimum Gasteiger partial charge on any atom is -0.424 e. The Morgan fingerprint density at radius 2 is 1.65 bits per heavy atom. The number of halogens is 2. The highest BCUT2D eigenvalue weighted by Crippen LogP contribution is 2.36. The summed E-state index contributed by atoms with van der Waals surface area (Å²) in [5, 5.41) is 7.53. The molecule has 3 N–H and O–H groups in total. The van der Waals surface area contributed by atoms with E-state index >= 15 is 0 Å². The fourth-order valence-corrected chi connectivity index (χ4v) is 3.91. The van der Waals surface area contributed by atoms with Crippen molar-refractivity contribution in [2.75, 3.05) is 26.2 Å². The van der Waals surface area contributed by atoms with E-state index in [0.29, 0.717) is 27.4 Å². The number of ether oxygens (including phenoxy) is 1. The first-order valence-electron chi connectivity index (χ1n) is 10.8. The van der Waals surface area contributed by atoms with Crippen LogP contribution in [0.5, 0.6) is 11.8 Å². The Bertz CT molecular complexity index is 1410. The van der Waals surface area contributed by atoms with Gasteiger partial charge in [-0.1, -0.05) is 11.6 Å². The van der Waals surface area contributed by atoms with Crippen LogP contribution in [0, 0.1) is 5.82 Å². The Morgan fingerprint density at radius 1 is 0.882 bits per heavy atom. The Kier molecular flexibility index (Phi) is 6.57. The quantitative estimate of drug-likeness (QED) is 0.355. The summed E-state index contributed by atoms with van der Waals surface area (Å²) in [6.07, 6.45) is 6.37. The normalized spacial score (nSPS) is 13.5. The van der Waals surface area contributed by atoms with Gasteiger partial charge in [-0.2, -0.15) is 0 Å². The molecule has 0 radical (unpaired) electrons. The lowest BCUT2D eigenvalue weighted by Crippen LogP contribution is -2.39.